The second-order valence-corrected chi connectivity index (χ2v) is 7.83. The highest BCUT2D eigenvalue weighted by Crippen LogP contribution is 2.35. The number of hydrogen-bond donors (Lipinski definition) is 2. The highest BCUT2D eigenvalue weighted by molar-refractivity contribution is 6.30. The maximum atomic E-state index is 12.9. The number of urea groups is 2. The molecule has 8 heteroatoms. The monoisotopic (exact) mass is 441 g/mol. The normalized spacial score (nSPS) is 18.5. The lowest BCUT2D eigenvalue weighted by atomic mass is 9.87. The van der Waals surface area contributed by atoms with Crippen LogP contribution in [0.4, 0.5) is 9.59 Å². The number of carboxylic acid groups (broad SMARTS) is 1. The van der Waals surface area contributed by atoms with E-state index in [1.54, 1.807) is 24.3 Å². The van der Waals surface area contributed by atoms with Crippen molar-refractivity contribution in [3.63, 3.8) is 0 Å². The third-order valence-corrected chi connectivity index (χ3v) is 5.44. The molecule has 0 radical (unpaired) electrons. The topological polar surface area (TPSA) is 99.1 Å². The Morgan fingerprint density at radius 3 is 2.55 bits per heavy atom. The number of aryl methyl sites for hydroxylation is 1. The van der Waals surface area contributed by atoms with Gasteiger partial charge in [0.25, 0.3) is 0 Å². The molecule has 0 spiro atoms. The number of hydrogen-bond acceptors (Lipinski definition) is 3. The van der Waals surface area contributed by atoms with Crippen LogP contribution in [0.2, 0.25) is 5.02 Å². The Labute approximate surface area is 185 Å². The van der Waals surface area contributed by atoms with E-state index in [9.17, 15) is 19.5 Å². The summed E-state index contributed by atoms with van der Waals surface area (Å²) in [7, 11) is 0. The Morgan fingerprint density at radius 2 is 1.87 bits per heavy atom. The molecule has 0 aromatic heterocycles. The van der Waals surface area contributed by atoms with Crippen LogP contribution in [-0.4, -0.2) is 40.3 Å². The number of nitrogens with zero attached hydrogens (tertiary/aromatic N) is 2. The number of amides is 4. The van der Waals surface area contributed by atoms with Gasteiger partial charge in [0, 0.05) is 17.3 Å². The van der Waals surface area contributed by atoms with Crippen molar-refractivity contribution in [2.75, 3.05) is 6.54 Å². The molecule has 0 saturated carbocycles. The Kier molecular flexibility index (Phi) is 7.41. The number of carboxylic acids is 1. The lowest BCUT2D eigenvalue weighted by Gasteiger charge is -2.36. The first-order valence-electron chi connectivity index (χ1n) is 10.1. The Morgan fingerprint density at radius 1 is 1.13 bits per heavy atom. The maximum absolute atomic E-state index is 12.9. The van der Waals surface area contributed by atoms with Crippen molar-refractivity contribution >= 4 is 35.3 Å². The van der Waals surface area contributed by atoms with Gasteiger partial charge in [-0.05, 0) is 49.4 Å². The Hall–Kier alpha value is -3.19. The molecule has 4 amide bonds. The van der Waals surface area contributed by atoms with Crippen LogP contribution >= 0.6 is 11.6 Å². The minimum Gasteiger partial charge on any atom is -0.481 e. The molecule has 0 saturated heterocycles. The number of halogens is 1. The van der Waals surface area contributed by atoms with Gasteiger partial charge in [0.2, 0.25) is 0 Å². The second kappa shape index (κ2) is 10.2. The molecule has 2 atom stereocenters. The molecule has 0 aliphatic carbocycles. The van der Waals surface area contributed by atoms with E-state index in [1.807, 2.05) is 30.3 Å². The highest BCUT2D eigenvalue weighted by atomic mass is 35.5. The number of rotatable bonds is 7. The fourth-order valence-electron chi connectivity index (χ4n) is 3.71. The summed E-state index contributed by atoms with van der Waals surface area (Å²) < 4.78 is 0. The van der Waals surface area contributed by atoms with Crippen LogP contribution in [0.1, 0.15) is 36.9 Å². The summed E-state index contributed by atoms with van der Waals surface area (Å²) in [4.78, 5) is 42.1. The lowest BCUT2D eigenvalue weighted by Crippen LogP contribution is -2.52. The van der Waals surface area contributed by atoms with Crippen molar-refractivity contribution in [3.8, 4) is 0 Å². The number of nitrogens with one attached hydrogen (secondary N) is 1. The van der Waals surface area contributed by atoms with E-state index in [1.165, 1.54) is 12.5 Å². The first-order chi connectivity index (χ1) is 14.9. The molecule has 2 unspecified atom stereocenters. The largest absolute Gasteiger partial charge is 0.481 e. The SMILES string of the molecule is CC1=NC(=O)N(C(=O)NCCCCc2ccccc2)C(c2cccc(Cl)c2)C1C(=O)O. The maximum Gasteiger partial charge on any atom is 0.352 e. The minimum atomic E-state index is -1.17. The van der Waals surface area contributed by atoms with Crippen LogP contribution in [0, 0.1) is 5.92 Å². The first kappa shape index (κ1) is 22.5. The van der Waals surface area contributed by atoms with E-state index in [-0.39, 0.29) is 5.71 Å². The highest BCUT2D eigenvalue weighted by Gasteiger charge is 2.45. The van der Waals surface area contributed by atoms with E-state index < -0.39 is 30.0 Å². The second-order valence-electron chi connectivity index (χ2n) is 7.40. The van der Waals surface area contributed by atoms with Gasteiger partial charge in [-0.3, -0.25) is 4.79 Å². The first-order valence-corrected chi connectivity index (χ1v) is 10.4. The third kappa shape index (κ3) is 5.49. The van der Waals surface area contributed by atoms with E-state index in [0.29, 0.717) is 17.1 Å². The zero-order valence-electron chi connectivity index (χ0n) is 17.1. The molecular weight excluding hydrogens is 418 g/mol. The summed E-state index contributed by atoms with van der Waals surface area (Å²) >= 11 is 6.08. The van der Waals surface area contributed by atoms with Crippen molar-refractivity contribution in [3.05, 3.63) is 70.7 Å². The molecule has 3 rings (SSSR count). The zero-order chi connectivity index (χ0) is 22.4. The Balaban J connectivity index is 1.72. The van der Waals surface area contributed by atoms with Crippen molar-refractivity contribution < 1.29 is 19.5 Å². The van der Waals surface area contributed by atoms with E-state index in [4.69, 9.17) is 11.6 Å². The number of carbonyl (C=O) groups is 3. The fraction of sp³-hybridized carbons (Fsp3) is 0.304. The number of aliphatic imine (C=N–C) groups is 1. The molecule has 2 N–H and O–H groups in total. The molecule has 1 aliphatic heterocycles. The molecule has 7 nitrogen and oxygen atoms in total. The zero-order valence-corrected chi connectivity index (χ0v) is 17.9. The summed E-state index contributed by atoms with van der Waals surface area (Å²) in [6, 6.07) is 14.0. The average molecular weight is 442 g/mol. The molecular formula is C23H24ClN3O4. The van der Waals surface area contributed by atoms with Crippen LogP contribution in [0.3, 0.4) is 0 Å². The van der Waals surface area contributed by atoms with Crippen LogP contribution in [0.5, 0.6) is 0 Å². The molecule has 2 aromatic carbocycles. The molecule has 1 aliphatic rings. The van der Waals surface area contributed by atoms with Gasteiger partial charge in [-0.15, -0.1) is 0 Å². The molecule has 162 valence electrons. The fourth-order valence-corrected chi connectivity index (χ4v) is 3.91. The van der Waals surface area contributed by atoms with Gasteiger partial charge in [-0.1, -0.05) is 54.1 Å². The Bertz CT molecular complexity index is 993. The van der Waals surface area contributed by atoms with Crippen molar-refractivity contribution in [2.24, 2.45) is 10.9 Å². The van der Waals surface area contributed by atoms with Gasteiger partial charge in [-0.25, -0.2) is 19.5 Å². The van der Waals surface area contributed by atoms with Gasteiger partial charge in [0.1, 0.15) is 5.92 Å². The van der Waals surface area contributed by atoms with Crippen LogP contribution in [-0.2, 0) is 11.2 Å². The predicted octanol–water partition coefficient (Wildman–Crippen LogP) is 4.71. The van der Waals surface area contributed by atoms with Crippen molar-refractivity contribution in [1.82, 2.24) is 10.2 Å². The summed E-state index contributed by atoms with van der Waals surface area (Å²) in [5.41, 5.74) is 1.83. The summed E-state index contributed by atoms with van der Waals surface area (Å²) in [6.45, 7) is 1.84. The van der Waals surface area contributed by atoms with E-state index in [2.05, 4.69) is 10.3 Å². The summed E-state index contributed by atoms with van der Waals surface area (Å²) in [5, 5.41) is 12.9. The van der Waals surface area contributed by atoms with Crippen molar-refractivity contribution in [2.45, 2.75) is 32.2 Å². The van der Waals surface area contributed by atoms with Gasteiger partial charge in [0.05, 0.1) is 6.04 Å². The average Bonchev–Trinajstić information content (AvgIpc) is 2.73. The molecule has 2 aromatic rings. The number of aliphatic carboxylic acids is 1. The van der Waals surface area contributed by atoms with Gasteiger partial charge >= 0.3 is 18.0 Å². The van der Waals surface area contributed by atoms with Gasteiger partial charge in [-0.2, -0.15) is 0 Å². The number of unbranched alkanes of at least 4 members (excludes halogenated alkanes) is 1. The number of carbonyl (C=O) groups excluding carboxylic acids is 2. The van der Waals surface area contributed by atoms with Crippen molar-refractivity contribution in [1.29, 1.82) is 0 Å². The standard InChI is InChI=1S/C23H24ClN3O4/c1-15-19(21(28)29)20(17-11-7-12-18(24)14-17)27(23(31)26-15)22(30)25-13-6-5-10-16-8-3-2-4-9-16/h2-4,7-9,11-12,14,19-20H,5-6,10,13H2,1H3,(H,25,30)(H,28,29). The van der Waals surface area contributed by atoms with Crippen LogP contribution in [0.25, 0.3) is 0 Å². The molecule has 31 heavy (non-hydrogen) atoms. The number of imide groups is 1. The minimum absolute atomic E-state index is 0.148. The van der Waals surface area contributed by atoms with Gasteiger partial charge in [0.15, 0.2) is 0 Å². The summed E-state index contributed by atoms with van der Waals surface area (Å²) in [5.74, 6) is -2.32. The van der Waals surface area contributed by atoms with E-state index in [0.717, 1.165) is 24.2 Å². The smallest absolute Gasteiger partial charge is 0.352 e. The van der Waals surface area contributed by atoms with Gasteiger partial charge < -0.3 is 10.4 Å². The summed E-state index contributed by atoms with van der Waals surface area (Å²) in [6.07, 6.45) is 2.47. The lowest BCUT2D eigenvalue weighted by molar-refractivity contribution is -0.140. The molecule has 0 fully saturated rings. The number of benzene rings is 2. The van der Waals surface area contributed by atoms with E-state index >= 15 is 0 Å². The third-order valence-electron chi connectivity index (χ3n) is 5.21. The molecule has 0 bridgehead atoms. The predicted molar refractivity (Wildman–Crippen MR) is 118 cm³/mol. The molecule has 1 heterocycles. The quantitative estimate of drug-likeness (QED) is 0.607. The van der Waals surface area contributed by atoms with Crippen LogP contribution in [0.15, 0.2) is 59.6 Å². The van der Waals surface area contributed by atoms with Crippen LogP contribution < -0.4 is 5.32 Å².